The molecule has 0 bridgehead atoms. The van der Waals surface area contributed by atoms with Crippen molar-refractivity contribution in [2.24, 2.45) is 11.7 Å². The second-order valence-corrected chi connectivity index (χ2v) is 6.82. The third-order valence-corrected chi connectivity index (χ3v) is 5.73. The van der Waals surface area contributed by atoms with Crippen LogP contribution in [0.3, 0.4) is 0 Å². The first-order chi connectivity index (χ1) is 9.24. The Morgan fingerprint density at radius 3 is 3.00 bits per heavy atom. The molecule has 3 rings (SSSR count). The molecule has 0 aromatic carbocycles. The molecule has 1 aromatic rings. The molecule has 1 aliphatic carbocycles. The second-order valence-electron chi connectivity index (χ2n) is 5.87. The van der Waals surface area contributed by atoms with Gasteiger partial charge in [-0.25, -0.2) is 0 Å². The van der Waals surface area contributed by atoms with Crippen LogP contribution in [0.15, 0.2) is 11.4 Å². The van der Waals surface area contributed by atoms with Crippen LogP contribution in [0.1, 0.15) is 49.4 Å². The third-order valence-electron chi connectivity index (χ3n) is 4.73. The lowest BCUT2D eigenvalue weighted by molar-refractivity contribution is -0.0963. The molecule has 0 amide bonds. The van der Waals surface area contributed by atoms with E-state index in [-0.39, 0.29) is 11.6 Å². The number of rotatable bonds is 3. The van der Waals surface area contributed by atoms with Crippen LogP contribution in [-0.2, 0) is 4.74 Å². The van der Waals surface area contributed by atoms with Crippen LogP contribution in [0.4, 0.5) is 0 Å². The molecule has 3 nitrogen and oxygen atoms in total. The summed E-state index contributed by atoms with van der Waals surface area (Å²) >= 11 is 1.72. The van der Waals surface area contributed by atoms with Gasteiger partial charge in [0.15, 0.2) is 0 Å². The summed E-state index contributed by atoms with van der Waals surface area (Å²) in [5, 5.41) is 2.07. The van der Waals surface area contributed by atoms with Crippen LogP contribution in [-0.4, -0.2) is 19.3 Å². The van der Waals surface area contributed by atoms with Gasteiger partial charge in [0.2, 0.25) is 0 Å². The van der Waals surface area contributed by atoms with Crippen LogP contribution >= 0.6 is 11.3 Å². The van der Waals surface area contributed by atoms with Gasteiger partial charge < -0.3 is 15.2 Å². The zero-order valence-corrected chi connectivity index (χ0v) is 12.4. The molecule has 19 heavy (non-hydrogen) atoms. The third kappa shape index (κ3) is 2.54. The summed E-state index contributed by atoms with van der Waals surface area (Å²) in [6.45, 7) is 0.867. The summed E-state index contributed by atoms with van der Waals surface area (Å²) in [5.74, 6) is 1.48. The number of hydrogen-bond donors (Lipinski definition) is 1. The van der Waals surface area contributed by atoms with Crippen molar-refractivity contribution in [2.75, 3.05) is 13.7 Å². The van der Waals surface area contributed by atoms with Gasteiger partial charge in [-0.2, -0.15) is 0 Å². The number of methoxy groups -OCH3 is 1. The van der Waals surface area contributed by atoms with Crippen molar-refractivity contribution in [3.05, 3.63) is 16.3 Å². The Bertz CT molecular complexity index is 426. The molecule has 4 heteroatoms. The summed E-state index contributed by atoms with van der Waals surface area (Å²) in [6.07, 6.45) is 7.25. The Balaban J connectivity index is 1.74. The Labute approximate surface area is 119 Å². The highest BCUT2D eigenvalue weighted by molar-refractivity contribution is 7.10. The van der Waals surface area contributed by atoms with Gasteiger partial charge in [0.1, 0.15) is 5.75 Å². The summed E-state index contributed by atoms with van der Waals surface area (Å²) in [7, 11) is 1.72. The van der Waals surface area contributed by atoms with Crippen molar-refractivity contribution >= 4 is 11.3 Å². The highest BCUT2D eigenvalue weighted by Gasteiger charge is 2.42. The van der Waals surface area contributed by atoms with Gasteiger partial charge in [0.25, 0.3) is 0 Å². The molecular weight excluding hydrogens is 258 g/mol. The molecule has 2 N–H and O–H groups in total. The summed E-state index contributed by atoms with van der Waals surface area (Å²) in [5.41, 5.74) is 6.66. The minimum atomic E-state index is 0.0938. The largest absolute Gasteiger partial charge is 0.496 e. The molecule has 1 aliphatic heterocycles. The van der Waals surface area contributed by atoms with Gasteiger partial charge in [0.05, 0.1) is 17.6 Å². The highest BCUT2D eigenvalue weighted by Crippen LogP contribution is 2.46. The lowest BCUT2D eigenvalue weighted by Crippen LogP contribution is -2.40. The van der Waals surface area contributed by atoms with E-state index in [9.17, 15) is 0 Å². The van der Waals surface area contributed by atoms with E-state index in [4.69, 9.17) is 15.2 Å². The first-order valence-corrected chi connectivity index (χ1v) is 8.13. The smallest absolute Gasteiger partial charge is 0.134 e. The van der Waals surface area contributed by atoms with Crippen molar-refractivity contribution in [2.45, 2.75) is 50.2 Å². The maximum atomic E-state index is 6.52. The second kappa shape index (κ2) is 5.43. The molecule has 2 aliphatic rings. The van der Waals surface area contributed by atoms with Crippen LogP contribution in [0.2, 0.25) is 0 Å². The van der Waals surface area contributed by atoms with Crippen molar-refractivity contribution in [1.82, 2.24) is 0 Å². The van der Waals surface area contributed by atoms with Crippen LogP contribution in [0, 0.1) is 5.92 Å². The highest BCUT2D eigenvalue weighted by atomic mass is 32.1. The Morgan fingerprint density at radius 2 is 2.26 bits per heavy atom. The van der Waals surface area contributed by atoms with E-state index in [1.807, 2.05) is 6.07 Å². The molecule has 1 saturated heterocycles. The van der Waals surface area contributed by atoms with Gasteiger partial charge in [-0.3, -0.25) is 0 Å². The van der Waals surface area contributed by atoms with Gasteiger partial charge >= 0.3 is 0 Å². The Morgan fingerprint density at radius 1 is 1.47 bits per heavy atom. The van der Waals surface area contributed by atoms with E-state index in [1.165, 1.54) is 30.6 Å². The number of nitrogens with two attached hydrogens (primary N) is 1. The molecular formula is C15H23NO2S. The standard InChI is InChI=1S/C15H23NO2S/c1-17-12-5-9-19-14(12)13(16)11-4-8-18-15(10-11)6-2-3-7-15/h5,9,11,13H,2-4,6-8,10,16H2,1H3. The molecule has 1 spiro atoms. The number of thiophene rings is 1. The molecule has 2 fully saturated rings. The van der Waals surface area contributed by atoms with Crippen LogP contribution in [0.5, 0.6) is 5.75 Å². The van der Waals surface area contributed by atoms with Crippen LogP contribution in [0.25, 0.3) is 0 Å². The maximum absolute atomic E-state index is 6.52. The van der Waals surface area contributed by atoms with Crippen molar-refractivity contribution < 1.29 is 9.47 Å². The van der Waals surface area contributed by atoms with E-state index >= 15 is 0 Å². The fourth-order valence-electron chi connectivity index (χ4n) is 3.67. The zero-order chi connectivity index (χ0) is 13.3. The Hall–Kier alpha value is -0.580. The molecule has 2 atom stereocenters. The van der Waals surface area contributed by atoms with E-state index in [0.717, 1.165) is 25.2 Å². The fourth-order valence-corrected chi connectivity index (χ4v) is 4.63. The van der Waals surface area contributed by atoms with E-state index < -0.39 is 0 Å². The molecule has 2 heterocycles. The molecule has 1 saturated carbocycles. The first-order valence-electron chi connectivity index (χ1n) is 7.25. The zero-order valence-electron chi connectivity index (χ0n) is 11.6. The molecule has 106 valence electrons. The number of ether oxygens (including phenoxy) is 2. The lowest BCUT2D eigenvalue weighted by atomic mass is 9.80. The average molecular weight is 281 g/mol. The summed E-state index contributed by atoms with van der Waals surface area (Å²) < 4.78 is 11.5. The van der Waals surface area contributed by atoms with Gasteiger partial charge in [-0.15, -0.1) is 11.3 Å². The van der Waals surface area contributed by atoms with E-state index in [0.29, 0.717) is 5.92 Å². The summed E-state index contributed by atoms with van der Waals surface area (Å²) in [6, 6.07) is 2.11. The first kappa shape index (κ1) is 13.4. The van der Waals surface area contributed by atoms with E-state index in [2.05, 4.69) is 5.38 Å². The Kier molecular flexibility index (Phi) is 3.83. The number of hydrogen-bond acceptors (Lipinski definition) is 4. The molecule has 2 unspecified atom stereocenters. The summed E-state index contributed by atoms with van der Waals surface area (Å²) in [4.78, 5) is 1.20. The predicted octanol–water partition coefficient (Wildman–Crippen LogP) is 3.50. The van der Waals surface area contributed by atoms with Gasteiger partial charge in [0, 0.05) is 12.6 Å². The fraction of sp³-hybridized carbons (Fsp3) is 0.733. The molecule has 0 radical (unpaired) electrons. The van der Waals surface area contributed by atoms with Crippen LogP contribution < -0.4 is 10.5 Å². The van der Waals surface area contributed by atoms with Crippen molar-refractivity contribution in [1.29, 1.82) is 0 Å². The SMILES string of the molecule is COc1ccsc1C(N)C1CCOC2(CCCC2)C1. The monoisotopic (exact) mass is 281 g/mol. The topological polar surface area (TPSA) is 44.5 Å². The van der Waals surface area contributed by atoms with E-state index in [1.54, 1.807) is 18.4 Å². The lowest BCUT2D eigenvalue weighted by Gasteiger charge is -2.40. The minimum Gasteiger partial charge on any atom is -0.496 e. The van der Waals surface area contributed by atoms with Crippen molar-refractivity contribution in [3.8, 4) is 5.75 Å². The van der Waals surface area contributed by atoms with Crippen molar-refractivity contribution in [3.63, 3.8) is 0 Å². The van der Waals surface area contributed by atoms with Gasteiger partial charge in [-0.1, -0.05) is 12.8 Å². The van der Waals surface area contributed by atoms with Gasteiger partial charge in [-0.05, 0) is 43.0 Å². The normalized spacial score (nSPS) is 27.6. The maximum Gasteiger partial charge on any atom is 0.134 e. The molecule has 1 aromatic heterocycles. The minimum absolute atomic E-state index is 0.0938. The quantitative estimate of drug-likeness (QED) is 0.922. The predicted molar refractivity (Wildman–Crippen MR) is 77.7 cm³/mol. The average Bonchev–Trinajstić information content (AvgIpc) is 3.07.